The molecule has 0 bridgehead atoms. The molecule has 0 saturated heterocycles. The van der Waals surface area contributed by atoms with Crippen LogP contribution in [0.2, 0.25) is 0 Å². The highest BCUT2D eigenvalue weighted by molar-refractivity contribution is 7.90. The summed E-state index contributed by atoms with van der Waals surface area (Å²) in [6, 6.07) is 0.0553. The zero-order chi connectivity index (χ0) is 11.5. The van der Waals surface area contributed by atoms with Crippen LogP contribution in [0, 0.1) is 5.41 Å². The van der Waals surface area contributed by atoms with Crippen LogP contribution in [-0.2, 0) is 9.84 Å². The highest BCUT2D eigenvalue weighted by atomic mass is 32.2. The molecule has 0 aromatic heterocycles. The Hall–Kier alpha value is -0.0900. The van der Waals surface area contributed by atoms with Gasteiger partial charge in [0.2, 0.25) is 0 Å². The molecule has 0 aromatic rings. The number of hydrogen-bond acceptors (Lipinski definition) is 3. The highest BCUT2D eigenvalue weighted by Crippen LogP contribution is 2.43. The van der Waals surface area contributed by atoms with Gasteiger partial charge in [0.25, 0.3) is 0 Å². The maximum absolute atomic E-state index is 11.1. The van der Waals surface area contributed by atoms with E-state index in [1.54, 1.807) is 0 Å². The van der Waals surface area contributed by atoms with Crippen LogP contribution in [0.5, 0.6) is 0 Å². The van der Waals surface area contributed by atoms with Gasteiger partial charge in [0.05, 0.1) is 5.75 Å². The Bertz CT molecular complexity index is 292. The van der Waals surface area contributed by atoms with E-state index in [1.165, 1.54) is 31.9 Å². The summed E-state index contributed by atoms with van der Waals surface area (Å²) < 4.78 is 22.2. The maximum Gasteiger partial charge on any atom is 0.147 e. The predicted molar refractivity (Wildman–Crippen MR) is 63.5 cm³/mol. The number of sulfone groups is 1. The van der Waals surface area contributed by atoms with Crippen molar-refractivity contribution in [1.29, 1.82) is 0 Å². The predicted octanol–water partition coefficient (Wildman–Crippen LogP) is 1.72. The van der Waals surface area contributed by atoms with E-state index >= 15 is 0 Å². The third kappa shape index (κ3) is 3.45. The van der Waals surface area contributed by atoms with Crippen molar-refractivity contribution in [2.75, 3.05) is 12.0 Å². The van der Waals surface area contributed by atoms with Gasteiger partial charge in [-0.2, -0.15) is 0 Å². The Balaban J connectivity index is 2.54. The normalized spacial score (nSPS) is 22.9. The molecule has 0 heterocycles. The molecule has 3 nitrogen and oxygen atoms in total. The molecule has 0 aliphatic heterocycles. The molecule has 0 aromatic carbocycles. The molecular weight excluding hydrogens is 210 g/mol. The van der Waals surface area contributed by atoms with Gasteiger partial charge >= 0.3 is 0 Å². The van der Waals surface area contributed by atoms with Crippen LogP contribution in [0.3, 0.4) is 0 Å². The Kier molecular flexibility index (Phi) is 4.18. The lowest BCUT2D eigenvalue weighted by molar-refractivity contribution is 0.216. The van der Waals surface area contributed by atoms with E-state index in [0.29, 0.717) is 6.42 Å². The van der Waals surface area contributed by atoms with Gasteiger partial charge in [0.15, 0.2) is 0 Å². The minimum Gasteiger partial charge on any atom is -0.327 e. The molecular formula is C11H23NO2S. The van der Waals surface area contributed by atoms with Gasteiger partial charge in [0, 0.05) is 12.3 Å². The molecule has 1 rings (SSSR count). The SMILES string of the molecule is CCC1(C(N)CCS(C)(=O)=O)CCCC1. The molecule has 0 spiro atoms. The zero-order valence-electron chi connectivity index (χ0n) is 9.83. The topological polar surface area (TPSA) is 60.2 Å². The summed E-state index contributed by atoms with van der Waals surface area (Å²) in [6.45, 7) is 2.17. The Labute approximate surface area is 93.3 Å². The molecule has 1 atom stereocenters. The van der Waals surface area contributed by atoms with Crippen molar-refractivity contribution in [2.24, 2.45) is 11.1 Å². The molecule has 0 amide bonds. The fraction of sp³-hybridized carbons (Fsp3) is 1.00. The Morgan fingerprint density at radius 2 is 1.87 bits per heavy atom. The van der Waals surface area contributed by atoms with Crippen molar-refractivity contribution < 1.29 is 8.42 Å². The summed E-state index contributed by atoms with van der Waals surface area (Å²) in [7, 11) is -2.86. The summed E-state index contributed by atoms with van der Waals surface area (Å²) >= 11 is 0. The number of nitrogens with two attached hydrogens (primary N) is 1. The molecule has 1 fully saturated rings. The quantitative estimate of drug-likeness (QED) is 0.786. The van der Waals surface area contributed by atoms with Crippen molar-refractivity contribution in [3.05, 3.63) is 0 Å². The minimum absolute atomic E-state index is 0.0553. The van der Waals surface area contributed by atoms with Crippen LogP contribution >= 0.6 is 0 Å². The number of rotatable bonds is 5. The van der Waals surface area contributed by atoms with Crippen LogP contribution in [0.25, 0.3) is 0 Å². The fourth-order valence-corrected chi connectivity index (χ4v) is 3.39. The fourth-order valence-electron chi connectivity index (χ4n) is 2.71. The maximum atomic E-state index is 11.1. The molecule has 90 valence electrons. The van der Waals surface area contributed by atoms with Crippen LogP contribution in [0.15, 0.2) is 0 Å². The average Bonchev–Trinajstić information content (AvgIpc) is 2.62. The summed E-state index contributed by atoms with van der Waals surface area (Å²) in [6.07, 6.45) is 7.83. The summed E-state index contributed by atoms with van der Waals surface area (Å²) in [4.78, 5) is 0. The third-order valence-electron chi connectivity index (χ3n) is 3.89. The van der Waals surface area contributed by atoms with Gasteiger partial charge < -0.3 is 5.73 Å². The zero-order valence-corrected chi connectivity index (χ0v) is 10.6. The first-order valence-corrected chi connectivity index (χ1v) is 7.89. The minimum atomic E-state index is -2.86. The average molecular weight is 233 g/mol. The third-order valence-corrected chi connectivity index (χ3v) is 4.87. The van der Waals surface area contributed by atoms with Crippen LogP contribution in [-0.4, -0.2) is 26.5 Å². The summed E-state index contributed by atoms with van der Waals surface area (Å²) in [5, 5.41) is 0. The summed E-state index contributed by atoms with van der Waals surface area (Å²) in [5.74, 6) is 0.232. The molecule has 1 unspecified atom stereocenters. The first-order valence-electron chi connectivity index (χ1n) is 5.83. The standard InChI is InChI=1S/C11H23NO2S/c1-3-11(7-4-5-8-11)10(12)6-9-15(2,13)14/h10H,3-9,12H2,1-2H3. The first-order chi connectivity index (χ1) is 6.90. The van der Waals surface area contributed by atoms with Gasteiger partial charge in [0.1, 0.15) is 9.84 Å². The summed E-state index contributed by atoms with van der Waals surface area (Å²) in [5.41, 5.74) is 6.39. The lowest BCUT2D eigenvalue weighted by Crippen LogP contribution is -2.40. The molecule has 4 heteroatoms. The number of hydrogen-bond donors (Lipinski definition) is 1. The second-order valence-electron chi connectivity index (χ2n) is 4.95. The van der Waals surface area contributed by atoms with E-state index in [-0.39, 0.29) is 17.2 Å². The molecule has 15 heavy (non-hydrogen) atoms. The molecule has 0 radical (unpaired) electrons. The monoisotopic (exact) mass is 233 g/mol. The van der Waals surface area contributed by atoms with Crippen molar-refractivity contribution in [3.63, 3.8) is 0 Å². The van der Waals surface area contributed by atoms with E-state index in [4.69, 9.17) is 5.73 Å². The van der Waals surface area contributed by atoms with Crippen LogP contribution in [0.4, 0.5) is 0 Å². The van der Waals surface area contributed by atoms with Gasteiger partial charge in [-0.3, -0.25) is 0 Å². The lowest BCUT2D eigenvalue weighted by Gasteiger charge is -2.34. The first kappa shape index (κ1) is 13.0. The van der Waals surface area contributed by atoms with E-state index in [0.717, 1.165) is 6.42 Å². The molecule has 2 N–H and O–H groups in total. The molecule has 1 aliphatic carbocycles. The van der Waals surface area contributed by atoms with E-state index in [9.17, 15) is 8.42 Å². The van der Waals surface area contributed by atoms with E-state index in [2.05, 4.69) is 6.92 Å². The lowest BCUT2D eigenvalue weighted by atomic mass is 9.75. The second kappa shape index (κ2) is 4.83. The molecule has 1 saturated carbocycles. The smallest absolute Gasteiger partial charge is 0.147 e. The van der Waals surface area contributed by atoms with Gasteiger partial charge in [-0.05, 0) is 31.1 Å². The van der Waals surface area contributed by atoms with E-state index < -0.39 is 9.84 Å². The highest BCUT2D eigenvalue weighted by Gasteiger charge is 2.37. The van der Waals surface area contributed by atoms with Crippen molar-refractivity contribution in [2.45, 2.75) is 51.5 Å². The van der Waals surface area contributed by atoms with Gasteiger partial charge in [-0.25, -0.2) is 8.42 Å². The second-order valence-corrected chi connectivity index (χ2v) is 7.21. The van der Waals surface area contributed by atoms with Crippen molar-refractivity contribution in [3.8, 4) is 0 Å². The van der Waals surface area contributed by atoms with Crippen molar-refractivity contribution >= 4 is 9.84 Å². The van der Waals surface area contributed by atoms with Gasteiger partial charge in [-0.1, -0.05) is 19.8 Å². The largest absolute Gasteiger partial charge is 0.327 e. The Morgan fingerprint density at radius 3 is 2.27 bits per heavy atom. The van der Waals surface area contributed by atoms with Gasteiger partial charge in [-0.15, -0.1) is 0 Å². The van der Waals surface area contributed by atoms with Crippen LogP contribution < -0.4 is 5.73 Å². The van der Waals surface area contributed by atoms with E-state index in [1.807, 2.05) is 0 Å². The molecule has 1 aliphatic rings. The van der Waals surface area contributed by atoms with Crippen LogP contribution in [0.1, 0.15) is 45.4 Å². The Morgan fingerprint density at radius 1 is 1.33 bits per heavy atom. The van der Waals surface area contributed by atoms with Crippen molar-refractivity contribution in [1.82, 2.24) is 0 Å².